The Morgan fingerprint density at radius 2 is 1.78 bits per heavy atom. The van der Waals surface area contributed by atoms with E-state index >= 15 is 0 Å². The molecule has 3 aromatic rings. The molecule has 1 aliphatic rings. The summed E-state index contributed by atoms with van der Waals surface area (Å²) in [5, 5.41) is 12.2. The van der Waals surface area contributed by atoms with Crippen molar-refractivity contribution in [2.45, 2.75) is 6.92 Å². The monoisotopic (exact) mass is 527 g/mol. The first kappa shape index (κ1) is 26.1. The lowest BCUT2D eigenvalue weighted by Gasteiger charge is -2.30. The number of amides is 2. The Morgan fingerprint density at radius 3 is 2.51 bits per heavy atom. The zero-order chi connectivity index (χ0) is 26.2. The number of carbonyl (C=O) groups is 1. The standard InChI is InChI=1S/C25H30ClN7O4/c1-4-27-25(34)30-17-5-7-19(21(13-17)35-2)31-24-28-15-18(26)23(32-24)29-16-6-8-20(22(14-16)36-3)33-9-11-37-12-10-33/h5-8,13-15H,4,9-12H2,1-3H3,(H2,27,30,34)(H2,28,29,31,32). The Morgan fingerprint density at radius 1 is 1.05 bits per heavy atom. The molecule has 1 aliphatic heterocycles. The number of morpholine rings is 1. The number of halogens is 1. The highest BCUT2D eigenvalue weighted by atomic mass is 35.5. The van der Waals surface area contributed by atoms with Crippen LogP contribution in [0.4, 0.5) is 39.3 Å². The Bertz CT molecular complexity index is 1240. The van der Waals surface area contributed by atoms with Crippen molar-refractivity contribution < 1.29 is 19.0 Å². The lowest BCUT2D eigenvalue weighted by atomic mass is 10.2. The molecule has 4 rings (SSSR count). The van der Waals surface area contributed by atoms with Crippen molar-refractivity contribution in [3.05, 3.63) is 47.6 Å². The van der Waals surface area contributed by atoms with Crippen LogP contribution < -0.4 is 35.6 Å². The molecule has 1 aromatic heterocycles. The highest BCUT2D eigenvalue weighted by Crippen LogP contribution is 2.34. The summed E-state index contributed by atoms with van der Waals surface area (Å²) < 4.78 is 16.6. The number of aromatic nitrogens is 2. The molecule has 1 saturated heterocycles. The van der Waals surface area contributed by atoms with Gasteiger partial charge < -0.3 is 40.4 Å². The number of anilines is 6. The van der Waals surface area contributed by atoms with Gasteiger partial charge in [-0.2, -0.15) is 4.98 Å². The molecule has 1 fully saturated rings. The summed E-state index contributed by atoms with van der Waals surface area (Å²) in [6, 6.07) is 10.8. The topological polar surface area (TPSA) is 122 Å². The molecular weight excluding hydrogens is 498 g/mol. The van der Waals surface area contributed by atoms with Crippen LogP contribution in [0.25, 0.3) is 0 Å². The smallest absolute Gasteiger partial charge is 0.319 e. The van der Waals surface area contributed by atoms with Gasteiger partial charge in [-0.3, -0.25) is 0 Å². The maximum Gasteiger partial charge on any atom is 0.319 e. The molecule has 0 unspecified atom stereocenters. The van der Waals surface area contributed by atoms with Crippen LogP contribution in [-0.2, 0) is 4.74 Å². The van der Waals surface area contributed by atoms with E-state index < -0.39 is 0 Å². The highest BCUT2D eigenvalue weighted by molar-refractivity contribution is 6.32. The van der Waals surface area contributed by atoms with Crippen molar-refractivity contribution in [3.8, 4) is 11.5 Å². The van der Waals surface area contributed by atoms with Gasteiger partial charge in [-0.15, -0.1) is 0 Å². The Hall–Kier alpha value is -3.96. The predicted molar refractivity (Wildman–Crippen MR) is 145 cm³/mol. The second-order valence-electron chi connectivity index (χ2n) is 8.03. The van der Waals surface area contributed by atoms with Crippen LogP contribution in [0.3, 0.4) is 0 Å². The molecule has 2 aromatic carbocycles. The second kappa shape index (κ2) is 12.3. The van der Waals surface area contributed by atoms with Crippen LogP contribution >= 0.6 is 11.6 Å². The van der Waals surface area contributed by atoms with E-state index in [4.69, 9.17) is 25.8 Å². The third-order valence-electron chi connectivity index (χ3n) is 5.58. The molecule has 12 heteroatoms. The maximum absolute atomic E-state index is 11.8. The summed E-state index contributed by atoms with van der Waals surface area (Å²) in [5.41, 5.74) is 2.97. The minimum absolute atomic E-state index is 0.295. The van der Waals surface area contributed by atoms with Gasteiger partial charge in [0.25, 0.3) is 0 Å². The lowest BCUT2D eigenvalue weighted by Crippen LogP contribution is -2.36. The van der Waals surface area contributed by atoms with Gasteiger partial charge in [0.1, 0.15) is 16.5 Å². The van der Waals surface area contributed by atoms with E-state index in [1.165, 1.54) is 6.20 Å². The first-order valence-corrected chi connectivity index (χ1v) is 12.2. The molecule has 37 heavy (non-hydrogen) atoms. The number of carbonyl (C=O) groups excluding carboxylic acids is 1. The van der Waals surface area contributed by atoms with Crippen LogP contribution in [0.2, 0.25) is 5.02 Å². The number of rotatable bonds is 9. The van der Waals surface area contributed by atoms with Crippen molar-refractivity contribution >= 4 is 52.1 Å². The zero-order valence-electron chi connectivity index (χ0n) is 20.9. The first-order valence-electron chi connectivity index (χ1n) is 11.8. The largest absolute Gasteiger partial charge is 0.495 e. The lowest BCUT2D eigenvalue weighted by molar-refractivity contribution is 0.122. The van der Waals surface area contributed by atoms with Crippen LogP contribution in [-0.4, -0.2) is 63.1 Å². The fourth-order valence-electron chi connectivity index (χ4n) is 3.80. The minimum atomic E-state index is -0.295. The van der Waals surface area contributed by atoms with Gasteiger partial charge >= 0.3 is 6.03 Å². The number of benzene rings is 2. The Balaban J connectivity index is 1.51. The normalized spacial score (nSPS) is 13.0. The quantitative estimate of drug-likeness (QED) is 0.316. The molecule has 2 amide bonds. The van der Waals surface area contributed by atoms with Crippen LogP contribution in [0.15, 0.2) is 42.6 Å². The SMILES string of the molecule is CCNC(=O)Nc1ccc(Nc2ncc(Cl)c(Nc3ccc(N4CCOCC4)c(OC)c3)n2)c(OC)c1. The summed E-state index contributed by atoms with van der Waals surface area (Å²) in [5.74, 6) is 1.98. The molecule has 0 radical (unpaired) electrons. The van der Waals surface area contributed by atoms with Crippen LogP contribution in [0, 0.1) is 0 Å². The molecule has 0 bridgehead atoms. The number of methoxy groups -OCH3 is 2. The summed E-state index contributed by atoms with van der Waals surface area (Å²) in [4.78, 5) is 22.9. The number of hydrogen-bond donors (Lipinski definition) is 4. The van der Waals surface area contributed by atoms with Gasteiger partial charge in [-0.05, 0) is 31.2 Å². The number of nitrogens with one attached hydrogen (secondary N) is 4. The molecule has 0 aliphatic carbocycles. The average molecular weight is 528 g/mol. The zero-order valence-corrected chi connectivity index (χ0v) is 21.7. The van der Waals surface area contributed by atoms with E-state index in [0.717, 1.165) is 30.2 Å². The average Bonchev–Trinajstić information content (AvgIpc) is 2.92. The molecule has 0 saturated carbocycles. The van der Waals surface area contributed by atoms with E-state index in [9.17, 15) is 4.79 Å². The summed E-state index contributed by atoms with van der Waals surface area (Å²) in [7, 11) is 3.19. The predicted octanol–water partition coefficient (Wildman–Crippen LogP) is 4.61. The van der Waals surface area contributed by atoms with E-state index in [2.05, 4.69) is 36.1 Å². The summed E-state index contributed by atoms with van der Waals surface area (Å²) in [6.07, 6.45) is 1.51. The third kappa shape index (κ3) is 6.63. The second-order valence-corrected chi connectivity index (χ2v) is 8.43. The molecule has 4 N–H and O–H groups in total. The number of hydrogen-bond acceptors (Lipinski definition) is 9. The molecule has 196 valence electrons. The maximum atomic E-state index is 11.8. The van der Waals surface area contributed by atoms with Crippen molar-refractivity contribution in [3.63, 3.8) is 0 Å². The van der Waals surface area contributed by atoms with E-state index in [1.54, 1.807) is 32.4 Å². The molecule has 11 nitrogen and oxygen atoms in total. The molecule has 0 atom stereocenters. The van der Waals surface area contributed by atoms with Gasteiger partial charge in [0.05, 0.1) is 45.0 Å². The van der Waals surface area contributed by atoms with Crippen molar-refractivity contribution in [1.29, 1.82) is 0 Å². The fourth-order valence-corrected chi connectivity index (χ4v) is 3.94. The van der Waals surface area contributed by atoms with Gasteiger partial charge in [0, 0.05) is 43.1 Å². The third-order valence-corrected chi connectivity index (χ3v) is 5.86. The fraction of sp³-hybridized carbons (Fsp3) is 0.320. The minimum Gasteiger partial charge on any atom is -0.495 e. The van der Waals surface area contributed by atoms with Crippen LogP contribution in [0.5, 0.6) is 11.5 Å². The van der Waals surface area contributed by atoms with E-state index in [-0.39, 0.29) is 6.03 Å². The van der Waals surface area contributed by atoms with Gasteiger partial charge in [0.15, 0.2) is 5.82 Å². The summed E-state index contributed by atoms with van der Waals surface area (Å²) in [6.45, 7) is 5.36. The number of nitrogens with zero attached hydrogens (tertiary/aromatic N) is 3. The number of urea groups is 1. The van der Waals surface area contributed by atoms with E-state index in [1.807, 2.05) is 25.1 Å². The van der Waals surface area contributed by atoms with Crippen molar-refractivity contribution in [2.75, 3.05) is 67.9 Å². The van der Waals surface area contributed by atoms with Gasteiger partial charge in [-0.1, -0.05) is 11.6 Å². The summed E-state index contributed by atoms with van der Waals surface area (Å²) >= 11 is 6.39. The Labute approximate surface area is 220 Å². The Kier molecular flexibility index (Phi) is 8.70. The first-order chi connectivity index (χ1) is 18.0. The van der Waals surface area contributed by atoms with Crippen molar-refractivity contribution in [2.24, 2.45) is 0 Å². The van der Waals surface area contributed by atoms with E-state index in [0.29, 0.717) is 53.7 Å². The van der Waals surface area contributed by atoms with Gasteiger partial charge in [-0.25, -0.2) is 9.78 Å². The molecule has 2 heterocycles. The highest BCUT2D eigenvalue weighted by Gasteiger charge is 2.17. The number of ether oxygens (including phenoxy) is 3. The van der Waals surface area contributed by atoms with Crippen molar-refractivity contribution in [1.82, 2.24) is 15.3 Å². The van der Waals surface area contributed by atoms with Gasteiger partial charge in [0.2, 0.25) is 5.95 Å². The van der Waals surface area contributed by atoms with Crippen LogP contribution in [0.1, 0.15) is 6.92 Å². The molecular formula is C25H30ClN7O4. The molecule has 0 spiro atoms.